The van der Waals surface area contributed by atoms with Gasteiger partial charge in [-0.25, -0.2) is 0 Å². The molecule has 0 aliphatic heterocycles. The highest BCUT2D eigenvalue weighted by atomic mass is 16.5. The monoisotopic (exact) mass is 242 g/mol. The molecule has 0 aromatic carbocycles. The van der Waals surface area contributed by atoms with Crippen molar-refractivity contribution in [2.45, 2.75) is 78.6 Å². The van der Waals surface area contributed by atoms with Gasteiger partial charge in [0.1, 0.15) is 0 Å². The highest BCUT2D eigenvalue weighted by Gasteiger charge is 2.31. The lowest BCUT2D eigenvalue weighted by Crippen LogP contribution is -2.28. The summed E-state index contributed by atoms with van der Waals surface area (Å²) in [5.74, 6) is -0.0500. The van der Waals surface area contributed by atoms with Crippen molar-refractivity contribution in [1.82, 2.24) is 0 Å². The zero-order chi connectivity index (χ0) is 13.1. The Hall–Kier alpha value is -0.530. The minimum Gasteiger partial charge on any atom is -0.469 e. The van der Waals surface area contributed by atoms with Gasteiger partial charge in [-0.1, -0.05) is 58.8 Å². The lowest BCUT2D eigenvalue weighted by Gasteiger charge is -2.24. The van der Waals surface area contributed by atoms with Crippen LogP contribution in [-0.2, 0) is 9.53 Å². The molecule has 17 heavy (non-hydrogen) atoms. The average Bonchev–Trinajstić information content (AvgIpc) is 2.36. The van der Waals surface area contributed by atoms with Crippen molar-refractivity contribution < 1.29 is 9.53 Å². The Morgan fingerprint density at radius 3 is 2.00 bits per heavy atom. The highest BCUT2D eigenvalue weighted by Crippen LogP contribution is 2.30. The number of esters is 1. The van der Waals surface area contributed by atoms with E-state index in [-0.39, 0.29) is 11.4 Å². The molecule has 0 spiro atoms. The van der Waals surface area contributed by atoms with Gasteiger partial charge in [-0.2, -0.15) is 0 Å². The van der Waals surface area contributed by atoms with Gasteiger partial charge < -0.3 is 4.74 Å². The molecule has 1 unspecified atom stereocenters. The molecule has 0 amide bonds. The molecule has 0 rings (SSSR count). The molecule has 0 bridgehead atoms. The topological polar surface area (TPSA) is 26.3 Å². The number of hydrogen-bond acceptors (Lipinski definition) is 2. The van der Waals surface area contributed by atoms with Crippen molar-refractivity contribution >= 4 is 5.97 Å². The van der Waals surface area contributed by atoms with Gasteiger partial charge in [0, 0.05) is 0 Å². The summed E-state index contributed by atoms with van der Waals surface area (Å²) in [7, 11) is 1.49. The molecule has 1 atom stereocenters. The van der Waals surface area contributed by atoms with E-state index in [1.807, 2.05) is 6.92 Å². The van der Waals surface area contributed by atoms with Crippen molar-refractivity contribution in [3.8, 4) is 0 Å². The Morgan fingerprint density at radius 1 is 1.00 bits per heavy atom. The zero-order valence-corrected chi connectivity index (χ0v) is 12.2. The van der Waals surface area contributed by atoms with E-state index in [4.69, 9.17) is 4.74 Å². The summed E-state index contributed by atoms with van der Waals surface area (Å²) in [6.07, 6.45) is 10.9. The Balaban J connectivity index is 3.67. The van der Waals surface area contributed by atoms with E-state index in [9.17, 15) is 4.79 Å². The van der Waals surface area contributed by atoms with Gasteiger partial charge >= 0.3 is 5.97 Å². The molecule has 0 fully saturated rings. The van der Waals surface area contributed by atoms with E-state index in [0.717, 1.165) is 19.3 Å². The third kappa shape index (κ3) is 6.70. The van der Waals surface area contributed by atoms with E-state index in [1.165, 1.54) is 45.6 Å². The van der Waals surface area contributed by atoms with Crippen molar-refractivity contribution in [3.05, 3.63) is 0 Å². The normalized spacial score (nSPS) is 14.4. The number of carbonyl (C=O) groups is 1. The third-order valence-electron chi connectivity index (χ3n) is 3.79. The van der Waals surface area contributed by atoms with Gasteiger partial charge in [0.05, 0.1) is 12.5 Å². The fourth-order valence-electron chi connectivity index (χ4n) is 2.14. The average molecular weight is 242 g/mol. The van der Waals surface area contributed by atoms with Crippen LogP contribution in [0.3, 0.4) is 0 Å². The number of hydrogen-bond donors (Lipinski definition) is 0. The third-order valence-corrected chi connectivity index (χ3v) is 3.79. The maximum atomic E-state index is 11.6. The minimum absolute atomic E-state index is 0.0500. The molecule has 2 nitrogen and oxygen atoms in total. The van der Waals surface area contributed by atoms with Crippen LogP contribution < -0.4 is 0 Å². The summed E-state index contributed by atoms with van der Waals surface area (Å²) in [6, 6.07) is 0. The van der Waals surface area contributed by atoms with E-state index in [2.05, 4.69) is 13.8 Å². The molecule has 0 radical (unpaired) electrons. The Kier molecular flexibility index (Phi) is 9.20. The summed E-state index contributed by atoms with van der Waals surface area (Å²) in [5.41, 5.74) is -0.266. The minimum atomic E-state index is -0.266. The van der Waals surface area contributed by atoms with E-state index in [0.29, 0.717) is 0 Å². The molecule has 0 aliphatic carbocycles. The largest absolute Gasteiger partial charge is 0.469 e. The van der Waals surface area contributed by atoms with Gasteiger partial charge in [0.2, 0.25) is 0 Å². The number of ether oxygens (including phenoxy) is 1. The second-order valence-corrected chi connectivity index (χ2v) is 5.28. The molecule has 2 heteroatoms. The first-order valence-electron chi connectivity index (χ1n) is 7.19. The highest BCUT2D eigenvalue weighted by molar-refractivity contribution is 5.76. The molecule has 0 saturated carbocycles. The van der Waals surface area contributed by atoms with Crippen LogP contribution in [0.2, 0.25) is 0 Å². The molecule has 0 heterocycles. The number of rotatable bonds is 10. The SMILES string of the molecule is CCCCCCCCCC(C)(CC)C(=O)OC. The van der Waals surface area contributed by atoms with Crippen molar-refractivity contribution in [1.29, 1.82) is 0 Å². The lowest BCUT2D eigenvalue weighted by molar-refractivity contribution is -0.152. The van der Waals surface area contributed by atoms with Crippen molar-refractivity contribution in [2.24, 2.45) is 5.41 Å². The van der Waals surface area contributed by atoms with Crippen LogP contribution in [-0.4, -0.2) is 13.1 Å². The fourth-order valence-corrected chi connectivity index (χ4v) is 2.14. The summed E-state index contributed by atoms with van der Waals surface area (Å²) in [6.45, 7) is 6.33. The molecule has 0 aromatic rings. The maximum Gasteiger partial charge on any atom is 0.311 e. The Labute approximate surface area is 107 Å². The standard InChI is InChI=1S/C15H30O2/c1-5-7-8-9-10-11-12-13-15(3,6-2)14(16)17-4/h5-13H2,1-4H3. The molecular formula is C15H30O2. The summed E-state index contributed by atoms with van der Waals surface area (Å²) in [4.78, 5) is 11.6. The van der Waals surface area contributed by atoms with Crippen LogP contribution in [0.5, 0.6) is 0 Å². The predicted molar refractivity (Wildman–Crippen MR) is 73.0 cm³/mol. The Bertz CT molecular complexity index is 201. The number of methoxy groups -OCH3 is 1. The van der Waals surface area contributed by atoms with Crippen molar-refractivity contribution in [2.75, 3.05) is 7.11 Å². The summed E-state index contributed by atoms with van der Waals surface area (Å²) in [5, 5.41) is 0. The molecule has 0 saturated heterocycles. The van der Waals surface area contributed by atoms with Crippen molar-refractivity contribution in [3.63, 3.8) is 0 Å². The van der Waals surface area contributed by atoms with E-state index < -0.39 is 0 Å². The zero-order valence-electron chi connectivity index (χ0n) is 12.2. The van der Waals surface area contributed by atoms with Crippen LogP contribution in [0.25, 0.3) is 0 Å². The first kappa shape index (κ1) is 16.5. The fraction of sp³-hybridized carbons (Fsp3) is 0.933. The molecule has 0 aromatic heterocycles. The van der Waals surface area contributed by atoms with Crippen LogP contribution in [0, 0.1) is 5.41 Å². The predicted octanol–water partition coefficient (Wildman–Crippen LogP) is 4.72. The van der Waals surface area contributed by atoms with Gasteiger partial charge in [0.15, 0.2) is 0 Å². The molecule has 102 valence electrons. The maximum absolute atomic E-state index is 11.6. The Morgan fingerprint density at radius 2 is 1.53 bits per heavy atom. The first-order chi connectivity index (χ1) is 8.10. The van der Waals surface area contributed by atoms with Crippen LogP contribution in [0.1, 0.15) is 78.6 Å². The van der Waals surface area contributed by atoms with Crippen LogP contribution in [0.15, 0.2) is 0 Å². The van der Waals surface area contributed by atoms with Gasteiger partial charge in [-0.3, -0.25) is 4.79 Å². The summed E-state index contributed by atoms with van der Waals surface area (Å²) >= 11 is 0. The second kappa shape index (κ2) is 9.49. The van der Waals surface area contributed by atoms with Crippen LogP contribution >= 0.6 is 0 Å². The quantitative estimate of drug-likeness (QED) is 0.409. The smallest absolute Gasteiger partial charge is 0.311 e. The number of unbranched alkanes of at least 4 members (excludes halogenated alkanes) is 6. The molecule has 0 aliphatic rings. The summed E-state index contributed by atoms with van der Waals surface area (Å²) < 4.78 is 4.88. The van der Waals surface area contributed by atoms with E-state index in [1.54, 1.807) is 0 Å². The van der Waals surface area contributed by atoms with Gasteiger partial charge in [-0.15, -0.1) is 0 Å². The van der Waals surface area contributed by atoms with Crippen LogP contribution in [0.4, 0.5) is 0 Å². The van der Waals surface area contributed by atoms with E-state index >= 15 is 0 Å². The number of carbonyl (C=O) groups excluding carboxylic acids is 1. The first-order valence-corrected chi connectivity index (χ1v) is 7.19. The van der Waals surface area contributed by atoms with Gasteiger partial charge in [0.25, 0.3) is 0 Å². The second-order valence-electron chi connectivity index (χ2n) is 5.28. The molecule has 0 N–H and O–H groups in total. The lowest BCUT2D eigenvalue weighted by atomic mass is 9.82. The molecular weight excluding hydrogens is 212 g/mol. The van der Waals surface area contributed by atoms with Gasteiger partial charge in [-0.05, 0) is 19.8 Å².